The van der Waals surface area contributed by atoms with Crippen LogP contribution in [0.4, 0.5) is 0 Å². The Labute approximate surface area is 130 Å². The molecule has 4 heteroatoms. The van der Waals surface area contributed by atoms with Gasteiger partial charge in [0.2, 0.25) is 0 Å². The topological polar surface area (TPSA) is 26.3 Å². The SMILES string of the molecule is COC1(C(=O)Cc2c(Cl)cccc2Cl)CCCC(C)C1. The Morgan fingerprint density at radius 3 is 2.60 bits per heavy atom. The molecule has 0 aromatic heterocycles. The maximum absolute atomic E-state index is 12.7. The zero-order valence-corrected chi connectivity index (χ0v) is 13.4. The second-order valence-corrected chi connectivity index (χ2v) is 6.51. The first-order chi connectivity index (χ1) is 9.48. The van der Waals surface area contributed by atoms with Gasteiger partial charge in [0.05, 0.1) is 0 Å². The molecule has 1 aromatic rings. The second-order valence-electron chi connectivity index (χ2n) is 5.70. The lowest BCUT2D eigenvalue weighted by Gasteiger charge is -2.37. The Morgan fingerprint density at radius 1 is 1.40 bits per heavy atom. The lowest BCUT2D eigenvalue weighted by Crippen LogP contribution is -2.45. The molecule has 110 valence electrons. The Kier molecular flexibility index (Phi) is 5.11. The minimum atomic E-state index is -0.667. The molecule has 0 radical (unpaired) electrons. The molecular weight excluding hydrogens is 295 g/mol. The van der Waals surface area contributed by atoms with Crippen LogP contribution in [0.25, 0.3) is 0 Å². The van der Waals surface area contributed by atoms with E-state index in [1.165, 1.54) is 0 Å². The van der Waals surface area contributed by atoms with Gasteiger partial charge in [-0.2, -0.15) is 0 Å². The van der Waals surface area contributed by atoms with E-state index in [-0.39, 0.29) is 12.2 Å². The molecule has 0 saturated heterocycles. The van der Waals surface area contributed by atoms with Crippen LogP contribution in [0.2, 0.25) is 10.0 Å². The highest BCUT2D eigenvalue weighted by Gasteiger charge is 2.41. The highest BCUT2D eigenvalue weighted by Crippen LogP contribution is 2.37. The molecule has 0 heterocycles. The van der Waals surface area contributed by atoms with Gasteiger partial charge in [-0.05, 0) is 42.9 Å². The van der Waals surface area contributed by atoms with Gasteiger partial charge in [0, 0.05) is 23.6 Å². The molecule has 0 N–H and O–H groups in total. The van der Waals surface area contributed by atoms with Crippen molar-refractivity contribution in [2.24, 2.45) is 5.92 Å². The van der Waals surface area contributed by atoms with Crippen LogP contribution in [-0.4, -0.2) is 18.5 Å². The highest BCUT2D eigenvalue weighted by molar-refractivity contribution is 6.36. The predicted molar refractivity (Wildman–Crippen MR) is 82.5 cm³/mol. The number of ketones is 1. The van der Waals surface area contributed by atoms with E-state index in [4.69, 9.17) is 27.9 Å². The molecule has 2 nitrogen and oxygen atoms in total. The summed E-state index contributed by atoms with van der Waals surface area (Å²) in [5.74, 6) is 0.593. The summed E-state index contributed by atoms with van der Waals surface area (Å²) in [6.07, 6.45) is 3.99. The van der Waals surface area contributed by atoms with E-state index < -0.39 is 5.60 Å². The molecule has 1 aromatic carbocycles. The first-order valence-electron chi connectivity index (χ1n) is 7.00. The van der Waals surface area contributed by atoms with Crippen LogP contribution in [0.5, 0.6) is 0 Å². The van der Waals surface area contributed by atoms with Crippen LogP contribution in [0.3, 0.4) is 0 Å². The smallest absolute Gasteiger partial charge is 0.169 e. The van der Waals surface area contributed by atoms with Crippen LogP contribution in [0.15, 0.2) is 18.2 Å². The average Bonchev–Trinajstić information content (AvgIpc) is 2.42. The Hall–Kier alpha value is -0.570. The van der Waals surface area contributed by atoms with Crippen LogP contribution < -0.4 is 0 Å². The van der Waals surface area contributed by atoms with E-state index in [1.54, 1.807) is 25.3 Å². The number of rotatable bonds is 4. The lowest BCUT2D eigenvalue weighted by molar-refractivity contribution is -0.146. The van der Waals surface area contributed by atoms with Gasteiger partial charge in [-0.25, -0.2) is 0 Å². The fraction of sp³-hybridized carbons (Fsp3) is 0.562. The molecule has 1 fully saturated rings. The third-order valence-corrected chi connectivity index (χ3v) is 4.96. The molecule has 1 aliphatic rings. The predicted octanol–water partition coefficient (Wildman–Crippen LogP) is 4.70. The van der Waals surface area contributed by atoms with Crippen LogP contribution in [-0.2, 0) is 16.0 Å². The minimum absolute atomic E-state index is 0.0848. The van der Waals surface area contributed by atoms with Gasteiger partial charge in [0.25, 0.3) is 0 Å². The largest absolute Gasteiger partial charge is 0.370 e. The van der Waals surface area contributed by atoms with Crippen LogP contribution >= 0.6 is 23.2 Å². The zero-order valence-electron chi connectivity index (χ0n) is 11.9. The molecule has 0 bridgehead atoms. The molecular formula is C16H20Cl2O2. The normalized spacial score (nSPS) is 26.5. The Balaban J connectivity index is 2.22. The number of hydrogen-bond donors (Lipinski definition) is 0. The molecule has 1 saturated carbocycles. The van der Waals surface area contributed by atoms with Crippen molar-refractivity contribution in [2.75, 3.05) is 7.11 Å². The minimum Gasteiger partial charge on any atom is -0.370 e. The summed E-state index contributed by atoms with van der Waals surface area (Å²) < 4.78 is 5.63. The van der Waals surface area contributed by atoms with Gasteiger partial charge in [0.15, 0.2) is 5.78 Å². The maximum atomic E-state index is 12.7. The summed E-state index contributed by atoms with van der Waals surface area (Å²) in [7, 11) is 1.63. The van der Waals surface area contributed by atoms with E-state index in [2.05, 4.69) is 6.92 Å². The highest BCUT2D eigenvalue weighted by atomic mass is 35.5. The van der Waals surface area contributed by atoms with Crippen molar-refractivity contribution in [3.63, 3.8) is 0 Å². The van der Waals surface area contributed by atoms with Crippen molar-refractivity contribution < 1.29 is 9.53 Å². The molecule has 2 rings (SSSR count). The molecule has 0 aliphatic heterocycles. The quantitative estimate of drug-likeness (QED) is 0.805. The summed E-state index contributed by atoms with van der Waals surface area (Å²) >= 11 is 12.3. The van der Waals surface area contributed by atoms with E-state index in [0.29, 0.717) is 21.5 Å². The van der Waals surface area contributed by atoms with Gasteiger partial charge in [-0.1, -0.05) is 42.6 Å². The van der Waals surface area contributed by atoms with Crippen molar-refractivity contribution in [2.45, 2.75) is 44.6 Å². The molecule has 20 heavy (non-hydrogen) atoms. The number of hydrogen-bond acceptors (Lipinski definition) is 2. The number of methoxy groups -OCH3 is 1. The molecule has 0 amide bonds. The fourth-order valence-electron chi connectivity index (χ4n) is 3.08. The van der Waals surface area contributed by atoms with Crippen molar-refractivity contribution in [3.8, 4) is 0 Å². The monoisotopic (exact) mass is 314 g/mol. The van der Waals surface area contributed by atoms with Gasteiger partial charge in [0.1, 0.15) is 5.60 Å². The number of carbonyl (C=O) groups is 1. The molecule has 0 spiro atoms. The number of benzene rings is 1. The summed E-state index contributed by atoms with van der Waals surface area (Å²) in [4.78, 5) is 12.7. The fourth-order valence-corrected chi connectivity index (χ4v) is 3.61. The van der Waals surface area contributed by atoms with E-state index >= 15 is 0 Å². The molecule has 1 aliphatic carbocycles. The first kappa shape index (κ1) is 15.8. The summed E-state index contributed by atoms with van der Waals surface area (Å²) in [6.45, 7) is 2.17. The van der Waals surface area contributed by atoms with E-state index in [0.717, 1.165) is 25.7 Å². The number of carbonyl (C=O) groups excluding carboxylic acids is 1. The summed E-state index contributed by atoms with van der Waals surface area (Å²) in [5.41, 5.74) is 0.0377. The van der Waals surface area contributed by atoms with Crippen molar-refractivity contribution in [3.05, 3.63) is 33.8 Å². The van der Waals surface area contributed by atoms with Crippen molar-refractivity contribution >= 4 is 29.0 Å². The Bertz CT molecular complexity index is 481. The molecule has 2 unspecified atom stereocenters. The van der Waals surface area contributed by atoms with Gasteiger partial charge >= 0.3 is 0 Å². The number of halogens is 2. The van der Waals surface area contributed by atoms with Gasteiger partial charge in [-0.15, -0.1) is 0 Å². The Morgan fingerprint density at radius 2 is 2.05 bits per heavy atom. The van der Waals surface area contributed by atoms with Crippen molar-refractivity contribution in [1.82, 2.24) is 0 Å². The maximum Gasteiger partial charge on any atom is 0.169 e. The van der Waals surface area contributed by atoms with Gasteiger partial charge < -0.3 is 4.74 Å². The number of Topliss-reactive ketones (excluding diaryl/α,β-unsaturated/α-hetero) is 1. The van der Waals surface area contributed by atoms with Crippen LogP contribution in [0.1, 0.15) is 38.2 Å². The van der Waals surface area contributed by atoms with Crippen molar-refractivity contribution in [1.29, 1.82) is 0 Å². The summed E-state index contributed by atoms with van der Waals surface area (Å²) in [6, 6.07) is 5.31. The van der Waals surface area contributed by atoms with Crippen LogP contribution in [0, 0.1) is 5.92 Å². The van der Waals surface area contributed by atoms with Gasteiger partial charge in [-0.3, -0.25) is 4.79 Å². The summed E-state index contributed by atoms with van der Waals surface area (Å²) in [5, 5.41) is 1.09. The third-order valence-electron chi connectivity index (χ3n) is 4.25. The lowest BCUT2D eigenvalue weighted by atomic mass is 9.75. The standard InChI is InChI=1S/C16H20Cl2O2/c1-11-5-4-8-16(10-11,20-2)15(19)9-12-13(17)6-3-7-14(12)18/h3,6-7,11H,4-5,8-10H2,1-2H3. The average molecular weight is 315 g/mol. The van der Waals surface area contributed by atoms with E-state index in [9.17, 15) is 4.79 Å². The zero-order chi connectivity index (χ0) is 14.8. The third kappa shape index (κ3) is 3.19. The molecule has 2 atom stereocenters. The first-order valence-corrected chi connectivity index (χ1v) is 7.75. The van der Waals surface area contributed by atoms with E-state index in [1.807, 2.05) is 0 Å². The number of ether oxygens (including phenoxy) is 1. The second kappa shape index (κ2) is 6.46.